The van der Waals surface area contributed by atoms with E-state index in [2.05, 4.69) is 9.72 Å². The van der Waals surface area contributed by atoms with Gasteiger partial charge in [0.1, 0.15) is 17.4 Å². The molecule has 0 spiro atoms. The molecule has 1 aliphatic heterocycles. The number of aromatic hydroxyl groups is 1. The monoisotopic (exact) mass is 359 g/mol. The van der Waals surface area contributed by atoms with Gasteiger partial charge in [-0.15, -0.1) is 0 Å². The van der Waals surface area contributed by atoms with Crippen molar-refractivity contribution >= 4 is 34.4 Å². The van der Waals surface area contributed by atoms with Gasteiger partial charge in [-0.1, -0.05) is 18.2 Å². The summed E-state index contributed by atoms with van der Waals surface area (Å²) in [4.78, 5) is 53.5. The molecule has 0 radical (unpaired) electrons. The maximum Gasteiger partial charge on any atom is 0.346 e. The van der Waals surface area contributed by atoms with Gasteiger partial charge < -0.3 is 9.84 Å². The van der Waals surface area contributed by atoms with Gasteiger partial charge in [-0.25, -0.2) is 14.6 Å². The molecule has 5 rings (SSSR count). The molecule has 0 atom stereocenters. The normalized spacial score (nSPS) is 16.0. The molecule has 7 nitrogen and oxygen atoms in total. The van der Waals surface area contributed by atoms with Crippen LogP contribution >= 0.6 is 0 Å². The molecule has 0 bridgehead atoms. The number of nitrogens with zero attached hydrogens (tertiary/aromatic N) is 1. The fourth-order valence-electron chi connectivity index (χ4n) is 3.55. The number of carbonyl (C=O) groups excluding carboxylic acids is 4. The summed E-state index contributed by atoms with van der Waals surface area (Å²) in [6.45, 7) is 0. The number of hydrogen-bond donors (Lipinski definition) is 1. The van der Waals surface area contributed by atoms with E-state index in [1.54, 1.807) is 24.3 Å². The van der Waals surface area contributed by atoms with E-state index in [-0.39, 0.29) is 33.7 Å². The van der Waals surface area contributed by atoms with E-state index in [1.807, 2.05) is 0 Å². The largest absolute Gasteiger partial charge is 0.506 e. The van der Waals surface area contributed by atoms with Gasteiger partial charge in [0.05, 0.1) is 16.6 Å². The summed E-state index contributed by atoms with van der Waals surface area (Å²) >= 11 is 0. The minimum absolute atomic E-state index is 0.0183. The molecular formula is C20H9NO6. The fourth-order valence-corrected chi connectivity index (χ4v) is 3.55. The molecule has 0 unspecified atom stereocenters. The zero-order valence-corrected chi connectivity index (χ0v) is 13.6. The number of aromatic nitrogens is 1. The average Bonchev–Trinajstić information content (AvgIpc) is 3.07. The van der Waals surface area contributed by atoms with Crippen molar-refractivity contribution in [3.05, 3.63) is 70.4 Å². The van der Waals surface area contributed by atoms with Gasteiger partial charge in [-0.2, -0.15) is 0 Å². The first-order valence-corrected chi connectivity index (χ1v) is 8.07. The van der Waals surface area contributed by atoms with Gasteiger partial charge in [-0.05, 0) is 24.3 Å². The van der Waals surface area contributed by atoms with Crippen LogP contribution in [0.4, 0.5) is 0 Å². The van der Waals surface area contributed by atoms with Crippen LogP contribution in [0.25, 0.3) is 10.9 Å². The molecule has 27 heavy (non-hydrogen) atoms. The van der Waals surface area contributed by atoms with Crippen molar-refractivity contribution in [1.29, 1.82) is 0 Å². The molecule has 130 valence electrons. The molecule has 2 aliphatic rings. The molecule has 0 fully saturated rings. The SMILES string of the molecule is O=C1OC(=O)c2cc3c(cc21)C(=O)C(c1nc2ccccc2cc1O)C3=O. The van der Waals surface area contributed by atoms with Gasteiger partial charge >= 0.3 is 11.9 Å². The molecule has 3 aromatic rings. The molecule has 1 aromatic heterocycles. The first-order chi connectivity index (χ1) is 13.0. The lowest BCUT2D eigenvalue weighted by Gasteiger charge is -2.10. The number of fused-ring (bicyclic) bond motifs is 3. The zero-order chi connectivity index (χ0) is 18.9. The Kier molecular flexibility index (Phi) is 2.89. The predicted molar refractivity (Wildman–Crippen MR) is 91.0 cm³/mol. The van der Waals surface area contributed by atoms with Crippen LogP contribution < -0.4 is 0 Å². The lowest BCUT2D eigenvalue weighted by molar-refractivity contribution is 0.0443. The van der Waals surface area contributed by atoms with Crippen molar-refractivity contribution in [3.8, 4) is 5.75 Å². The number of Topliss-reactive ketones (excluding diaryl/α,β-unsaturated/α-hetero) is 2. The third kappa shape index (κ3) is 1.99. The van der Waals surface area contributed by atoms with E-state index >= 15 is 0 Å². The Morgan fingerprint density at radius 1 is 0.815 bits per heavy atom. The average molecular weight is 359 g/mol. The molecule has 2 heterocycles. The standard InChI is InChI=1S/C20H9NO6/c22-14-5-8-3-1-2-4-13(8)21-16(14)15-17(23)9-6-11-12(7-10(9)18(15)24)20(26)27-19(11)25/h1-7,15,22H. The van der Waals surface area contributed by atoms with Crippen molar-refractivity contribution in [3.63, 3.8) is 0 Å². The van der Waals surface area contributed by atoms with Gasteiger partial charge in [0.2, 0.25) is 0 Å². The van der Waals surface area contributed by atoms with Gasteiger partial charge in [-0.3, -0.25) is 9.59 Å². The third-order valence-corrected chi connectivity index (χ3v) is 4.84. The van der Waals surface area contributed by atoms with E-state index in [9.17, 15) is 24.3 Å². The Morgan fingerprint density at radius 2 is 1.41 bits per heavy atom. The van der Waals surface area contributed by atoms with Crippen LogP contribution in [-0.4, -0.2) is 33.6 Å². The van der Waals surface area contributed by atoms with Gasteiger partial charge in [0, 0.05) is 16.5 Å². The van der Waals surface area contributed by atoms with E-state index in [0.29, 0.717) is 10.9 Å². The molecule has 2 aromatic carbocycles. The van der Waals surface area contributed by atoms with Crippen molar-refractivity contribution in [2.24, 2.45) is 0 Å². The van der Waals surface area contributed by atoms with E-state index in [4.69, 9.17) is 0 Å². The molecule has 0 amide bonds. The number of hydrogen-bond acceptors (Lipinski definition) is 7. The lowest BCUT2D eigenvalue weighted by Crippen LogP contribution is -2.15. The summed E-state index contributed by atoms with van der Waals surface area (Å²) in [5.41, 5.74) is 0.430. The summed E-state index contributed by atoms with van der Waals surface area (Å²) in [6, 6.07) is 10.8. The van der Waals surface area contributed by atoms with Crippen LogP contribution in [-0.2, 0) is 4.74 Å². The quantitative estimate of drug-likeness (QED) is 0.525. The zero-order valence-electron chi connectivity index (χ0n) is 13.6. The number of rotatable bonds is 1. The Hall–Kier alpha value is -3.87. The van der Waals surface area contributed by atoms with Crippen molar-refractivity contribution in [2.45, 2.75) is 5.92 Å². The number of pyridine rings is 1. The van der Waals surface area contributed by atoms with Crippen LogP contribution in [0.15, 0.2) is 42.5 Å². The van der Waals surface area contributed by atoms with Crippen LogP contribution in [0.5, 0.6) is 5.75 Å². The van der Waals surface area contributed by atoms with Crippen LogP contribution in [0, 0.1) is 0 Å². The highest BCUT2D eigenvalue weighted by atomic mass is 16.6. The van der Waals surface area contributed by atoms with Crippen LogP contribution in [0.2, 0.25) is 0 Å². The summed E-state index contributed by atoms with van der Waals surface area (Å²) < 4.78 is 4.51. The molecule has 1 aliphatic carbocycles. The number of benzene rings is 2. The number of carbonyl (C=O) groups is 4. The number of para-hydroxylation sites is 1. The summed E-state index contributed by atoms with van der Waals surface area (Å²) in [5.74, 6) is -4.46. The van der Waals surface area contributed by atoms with E-state index in [1.165, 1.54) is 18.2 Å². The third-order valence-electron chi connectivity index (χ3n) is 4.84. The lowest BCUT2D eigenvalue weighted by atomic mass is 9.97. The Balaban J connectivity index is 1.69. The minimum Gasteiger partial charge on any atom is -0.506 e. The molecule has 0 saturated carbocycles. The summed E-state index contributed by atoms with van der Waals surface area (Å²) in [5, 5.41) is 11.0. The van der Waals surface area contributed by atoms with E-state index in [0.717, 1.165) is 0 Å². The summed E-state index contributed by atoms with van der Waals surface area (Å²) in [7, 11) is 0. The molecule has 7 heteroatoms. The second-order valence-electron chi connectivity index (χ2n) is 6.37. The van der Waals surface area contributed by atoms with Gasteiger partial charge in [0.25, 0.3) is 0 Å². The first kappa shape index (κ1) is 15.4. The predicted octanol–water partition coefficient (Wildman–Crippen LogP) is 2.41. The number of cyclic esters (lactones) is 2. The highest BCUT2D eigenvalue weighted by Gasteiger charge is 2.44. The maximum absolute atomic E-state index is 12.9. The highest BCUT2D eigenvalue weighted by molar-refractivity contribution is 6.31. The van der Waals surface area contributed by atoms with Crippen molar-refractivity contribution in [2.75, 3.05) is 0 Å². The highest BCUT2D eigenvalue weighted by Crippen LogP contribution is 2.39. The second-order valence-corrected chi connectivity index (χ2v) is 6.37. The molecule has 1 N–H and O–H groups in total. The number of ketones is 2. The summed E-state index contributed by atoms with van der Waals surface area (Å²) in [6.07, 6.45) is 0. The van der Waals surface area contributed by atoms with Crippen molar-refractivity contribution < 1.29 is 29.0 Å². The number of esters is 2. The Labute approximate surface area is 151 Å². The van der Waals surface area contributed by atoms with Crippen molar-refractivity contribution in [1.82, 2.24) is 4.98 Å². The first-order valence-electron chi connectivity index (χ1n) is 8.07. The van der Waals surface area contributed by atoms with Crippen LogP contribution in [0.3, 0.4) is 0 Å². The maximum atomic E-state index is 12.9. The molecular weight excluding hydrogens is 350 g/mol. The minimum atomic E-state index is -1.32. The smallest absolute Gasteiger partial charge is 0.346 e. The van der Waals surface area contributed by atoms with E-state index < -0.39 is 29.4 Å². The Morgan fingerprint density at radius 3 is 2.04 bits per heavy atom. The van der Waals surface area contributed by atoms with Crippen LogP contribution in [0.1, 0.15) is 53.0 Å². The molecule has 0 saturated heterocycles. The second kappa shape index (κ2) is 5.07. The Bertz CT molecular complexity index is 1190. The number of ether oxygens (including phenoxy) is 1. The van der Waals surface area contributed by atoms with Gasteiger partial charge in [0.15, 0.2) is 11.6 Å². The topological polar surface area (TPSA) is 111 Å². The fraction of sp³-hybridized carbons (Fsp3) is 0.0500.